The van der Waals surface area contributed by atoms with Gasteiger partial charge in [-0.15, -0.1) is 0 Å². The molecule has 160 valence electrons. The highest BCUT2D eigenvalue weighted by atomic mass is 16.7. The molecule has 6 heteroatoms. The first kappa shape index (κ1) is 21.4. The van der Waals surface area contributed by atoms with E-state index in [0.29, 0.717) is 18.4 Å². The van der Waals surface area contributed by atoms with Crippen molar-refractivity contribution >= 4 is 5.90 Å². The van der Waals surface area contributed by atoms with E-state index >= 15 is 0 Å². The van der Waals surface area contributed by atoms with Gasteiger partial charge in [-0.25, -0.2) is 0 Å². The van der Waals surface area contributed by atoms with E-state index in [-0.39, 0.29) is 17.2 Å². The van der Waals surface area contributed by atoms with E-state index in [9.17, 15) is 15.8 Å². The number of benzene rings is 1. The number of nitrogens with zero attached hydrogens (tertiary/aromatic N) is 3. The molecule has 0 spiro atoms. The molecule has 31 heavy (non-hydrogen) atoms. The Morgan fingerprint density at radius 1 is 1.10 bits per heavy atom. The second kappa shape index (κ2) is 6.56. The summed E-state index contributed by atoms with van der Waals surface area (Å²) in [6.45, 7) is 10.4. The highest BCUT2D eigenvalue weighted by molar-refractivity contribution is 5.89. The Labute approximate surface area is 183 Å². The third-order valence-electron chi connectivity index (χ3n) is 7.84. The Morgan fingerprint density at radius 3 is 2.32 bits per heavy atom. The Bertz CT molecular complexity index is 1070. The highest BCUT2D eigenvalue weighted by Gasteiger charge is 2.81. The van der Waals surface area contributed by atoms with E-state index in [0.717, 1.165) is 17.5 Å². The van der Waals surface area contributed by atoms with E-state index in [1.165, 1.54) is 0 Å². The number of ether oxygens (including phenoxy) is 2. The molecule has 3 fully saturated rings. The van der Waals surface area contributed by atoms with Crippen molar-refractivity contribution < 1.29 is 9.47 Å². The van der Waals surface area contributed by atoms with E-state index in [1.54, 1.807) is 0 Å². The number of rotatable bonds is 1. The summed E-state index contributed by atoms with van der Waals surface area (Å²) in [6.07, 6.45) is 0.956. The molecule has 4 rings (SSSR count). The summed E-state index contributed by atoms with van der Waals surface area (Å²) in [6, 6.07) is 12.4. The van der Waals surface area contributed by atoms with Gasteiger partial charge in [-0.05, 0) is 49.1 Å². The smallest absolute Gasteiger partial charge is 0.217 e. The molecule has 0 amide bonds. The van der Waals surface area contributed by atoms with Crippen LogP contribution in [0.5, 0.6) is 0 Å². The van der Waals surface area contributed by atoms with Crippen molar-refractivity contribution in [1.29, 1.82) is 21.2 Å². The summed E-state index contributed by atoms with van der Waals surface area (Å²) >= 11 is 0. The lowest BCUT2D eigenvalue weighted by atomic mass is 9.49. The monoisotopic (exact) mass is 416 g/mol. The van der Waals surface area contributed by atoms with Crippen LogP contribution in [0.3, 0.4) is 0 Å². The van der Waals surface area contributed by atoms with Crippen molar-refractivity contribution in [2.24, 2.45) is 28.1 Å². The first-order valence-corrected chi connectivity index (χ1v) is 10.8. The van der Waals surface area contributed by atoms with Gasteiger partial charge in [0.2, 0.25) is 17.1 Å². The summed E-state index contributed by atoms with van der Waals surface area (Å²) in [5, 5.41) is 40.0. The molecular formula is C25H28N4O2. The SMILES string of the molecule is Cc1ccc(C2OC34CCC(C(C)(C)C)CC3C(C#N)(C(=N)O4)C2(C#N)C#N)c(C)c1. The molecule has 1 aromatic carbocycles. The first-order valence-electron chi connectivity index (χ1n) is 10.8. The zero-order valence-corrected chi connectivity index (χ0v) is 18.7. The van der Waals surface area contributed by atoms with Gasteiger partial charge in [0.15, 0.2) is 5.41 Å². The van der Waals surface area contributed by atoms with Crippen molar-refractivity contribution in [1.82, 2.24) is 0 Å². The highest BCUT2D eigenvalue weighted by Crippen LogP contribution is 2.70. The van der Waals surface area contributed by atoms with E-state index in [4.69, 9.17) is 14.9 Å². The third kappa shape index (κ3) is 2.54. The number of hydrogen-bond acceptors (Lipinski definition) is 6. The zero-order chi connectivity index (χ0) is 22.8. The fraction of sp³-hybridized carbons (Fsp3) is 0.600. The molecule has 2 aliphatic heterocycles. The van der Waals surface area contributed by atoms with Crippen molar-refractivity contribution in [2.75, 3.05) is 0 Å². The van der Waals surface area contributed by atoms with Crippen LogP contribution in [0.4, 0.5) is 0 Å². The average Bonchev–Trinajstić information content (AvgIpc) is 2.91. The van der Waals surface area contributed by atoms with Crippen molar-refractivity contribution in [3.8, 4) is 18.2 Å². The summed E-state index contributed by atoms with van der Waals surface area (Å²) in [5.74, 6) is -1.74. The Hall–Kier alpha value is -2.88. The molecule has 2 saturated heterocycles. The molecule has 2 bridgehead atoms. The molecule has 3 aliphatic rings. The van der Waals surface area contributed by atoms with Gasteiger partial charge in [0.05, 0.1) is 24.1 Å². The zero-order valence-electron chi connectivity index (χ0n) is 18.7. The van der Waals surface area contributed by atoms with Crippen LogP contribution in [0.2, 0.25) is 0 Å². The topological polar surface area (TPSA) is 114 Å². The molecule has 2 heterocycles. The van der Waals surface area contributed by atoms with Crippen LogP contribution in [0.15, 0.2) is 18.2 Å². The largest absolute Gasteiger partial charge is 0.447 e. The average molecular weight is 417 g/mol. The Kier molecular flexibility index (Phi) is 4.52. The predicted molar refractivity (Wildman–Crippen MR) is 113 cm³/mol. The van der Waals surface area contributed by atoms with Gasteiger partial charge in [-0.1, -0.05) is 44.5 Å². The van der Waals surface area contributed by atoms with Gasteiger partial charge in [-0.3, -0.25) is 5.41 Å². The lowest BCUT2D eigenvalue weighted by molar-refractivity contribution is -0.301. The lowest BCUT2D eigenvalue weighted by Gasteiger charge is -2.54. The van der Waals surface area contributed by atoms with Gasteiger partial charge >= 0.3 is 0 Å². The molecule has 5 unspecified atom stereocenters. The maximum atomic E-state index is 10.5. The van der Waals surface area contributed by atoms with Crippen molar-refractivity contribution in [3.63, 3.8) is 0 Å². The van der Waals surface area contributed by atoms with E-state index in [1.807, 2.05) is 32.0 Å². The summed E-state index contributed by atoms with van der Waals surface area (Å²) in [5.41, 5.74) is -0.935. The number of nitriles is 3. The Balaban J connectivity index is 1.96. The van der Waals surface area contributed by atoms with Crippen LogP contribution in [0.25, 0.3) is 0 Å². The number of nitrogens with one attached hydrogen (secondary N) is 1. The van der Waals surface area contributed by atoms with Crippen molar-refractivity contribution in [3.05, 3.63) is 34.9 Å². The van der Waals surface area contributed by atoms with Gasteiger partial charge < -0.3 is 9.47 Å². The van der Waals surface area contributed by atoms with Crippen LogP contribution in [-0.4, -0.2) is 11.7 Å². The van der Waals surface area contributed by atoms with E-state index < -0.39 is 28.6 Å². The van der Waals surface area contributed by atoms with E-state index in [2.05, 4.69) is 39.0 Å². The molecule has 6 nitrogen and oxygen atoms in total. The summed E-state index contributed by atoms with van der Waals surface area (Å²) in [4.78, 5) is 0. The fourth-order valence-electron chi connectivity index (χ4n) is 6.02. The number of aryl methyl sites for hydroxylation is 2. The molecule has 1 saturated carbocycles. The standard InChI is InChI=1S/C25H28N4O2/c1-15-6-7-18(16(2)10-15)20-23(12-26,13-27)24(14-28)19-11-17(22(3,4)5)8-9-25(19,30-20)31-21(24)29/h6-7,10,17,19-20,29H,8-9,11H2,1-5H3. The van der Waals surface area contributed by atoms with Gasteiger partial charge in [0, 0.05) is 6.42 Å². The molecule has 0 aromatic heterocycles. The van der Waals surface area contributed by atoms with Crippen LogP contribution < -0.4 is 0 Å². The van der Waals surface area contributed by atoms with Gasteiger partial charge in [0.1, 0.15) is 6.10 Å². The summed E-state index contributed by atoms with van der Waals surface area (Å²) < 4.78 is 12.6. The minimum Gasteiger partial charge on any atom is -0.447 e. The molecule has 5 atom stereocenters. The maximum absolute atomic E-state index is 10.5. The predicted octanol–water partition coefficient (Wildman–Crippen LogP) is 5.08. The van der Waals surface area contributed by atoms with Crippen LogP contribution >= 0.6 is 0 Å². The number of hydrogen-bond donors (Lipinski definition) is 1. The first-order chi connectivity index (χ1) is 14.5. The minimum absolute atomic E-state index is 0.00771. The van der Waals surface area contributed by atoms with Crippen LogP contribution in [0, 0.1) is 81.3 Å². The van der Waals surface area contributed by atoms with Gasteiger partial charge in [-0.2, -0.15) is 15.8 Å². The molecule has 1 aromatic rings. The maximum Gasteiger partial charge on any atom is 0.217 e. The van der Waals surface area contributed by atoms with Crippen molar-refractivity contribution in [2.45, 2.75) is 65.8 Å². The molecule has 1 N–H and O–H groups in total. The Morgan fingerprint density at radius 2 is 1.77 bits per heavy atom. The van der Waals surface area contributed by atoms with Crippen LogP contribution in [0.1, 0.15) is 62.8 Å². The minimum atomic E-state index is -1.89. The quantitative estimate of drug-likeness (QED) is 0.685. The van der Waals surface area contributed by atoms with Gasteiger partial charge in [0.25, 0.3) is 0 Å². The third-order valence-corrected chi connectivity index (χ3v) is 7.84. The molecule has 0 radical (unpaired) electrons. The molecular weight excluding hydrogens is 388 g/mol. The normalized spacial score (nSPS) is 35.8. The second-order valence-electron chi connectivity index (χ2n) is 10.4. The fourth-order valence-corrected chi connectivity index (χ4v) is 6.02. The lowest BCUT2D eigenvalue weighted by Crippen LogP contribution is -2.61. The van der Waals surface area contributed by atoms with Crippen LogP contribution in [-0.2, 0) is 9.47 Å². The summed E-state index contributed by atoms with van der Waals surface area (Å²) in [7, 11) is 0. The molecule has 1 aliphatic carbocycles. The second-order valence-corrected chi connectivity index (χ2v) is 10.4.